The van der Waals surface area contributed by atoms with E-state index in [2.05, 4.69) is 51.2 Å². The van der Waals surface area contributed by atoms with Crippen LogP contribution in [0.5, 0.6) is 0 Å². The van der Waals surface area contributed by atoms with Crippen LogP contribution in [0.15, 0.2) is 18.2 Å². The van der Waals surface area contributed by atoms with E-state index in [0.717, 1.165) is 6.54 Å². The van der Waals surface area contributed by atoms with Crippen LogP contribution in [-0.2, 0) is 5.41 Å². The van der Waals surface area contributed by atoms with Gasteiger partial charge in [0.05, 0.1) is 0 Å². The summed E-state index contributed by atoms with van der Waals surface area (Å²) >= 11 is 0. The van der Waals surface area contributed by atoms with Crippen molar-refractivity contribution < 1.29 is 0 Å². The van der Waals surface area contributed by atoms with E-state index in [4.69, 9.17) is 0 Å². The average Bonchev–Trinajstić information content (AvgIpc) is 2.94. The molecular weight excluding hydrogens is 194 g/mol. The predicted octanol–water partition coefficient (Wildman–Crippen LogP) is 3.33. The maximum Gasteiger partial charge on any atom is 0.00787 e. The third-order valence-corrected chi connectivity index (χ3v) is 3.54. The monoisotopic (exact) mass is 217 g/mol. The molecule has 0 aromatic heterocycles. The first kappa shape index (κ1) is 11.7. The second-order valence-electron chi connectivity index (χ2n) is 5.69. The second-order valence-corrected chi connectivity index (χ2v) is 5.69. The lowest BCUT2D eigenvalue weighted by Crippen LogP contribution is -2.32. The number of hydrogen-bond acceptors (Lipinski definition) is 1. The van der Waals surface area contributed by atoms with Crippen molar-refractivity contribution in [3.63, 3.8) is 0 Å². The van der Waals surface area contributed by atoms with Crippen molar-refractivity contribution in [2.24, 2.45) is 0 Å². The summed E-state index contributed by atoms with van der Waals surface area (Å²) in [6.45, 7) is 9.97. The van der Waals surface area contributed by atoms with E-state index in [9.17, 15) is 0 Å². The van der Waals surface area contributed by atoms with E-state index in [-0.39, 0.29) is 0 Å². The van der Waals surface area contributed by atoms with Gasteiger partial charge in [0.25, 0.3) is 0 Å². The van der Waals surface area contributed by atoms with Crippen LogP contribution >= 0.6 is 0 Å². The SMILES string of the molecule is Cc1cc(C)cc(C2(CNC(C)C)CC2)c1. The highest BCUT2D eigenvalue weighted by atomic mass is 14.9. The predicted molar refractivity (Wildman–Crippen MR) is 70.0 cm³/mol. The van der Waals surface area contributed by atoms with Crippen molar-refractivity contribution in [1.29, 1.82) is 0 Å². The Morgan fingerprint density at radius 2 is 1.69 bits per heavy atom. The maximum atomic E-state index is 3.59. The molecule has 0 radical (unpaired) electrons. The Kier molecular flexibility index (Phi) is 3.07. The fraction of sp³-hybridized carbons (Fsp3) is 0.600. The second kappa shape index (κ2) is 4.21. The molecule has 1 fully saturated rings. The number of benzene rings is 1. The van der Waals surface area contributed by atoms with Crippen LogP contribution in [0.25, 0.3) is 0 Å². The Hall–Kier alpha value is -0.820. The van der Waals surface area contributed by atoms with Gasteiger partial charge in [-0.1, -0.05) is 43.2 Å². The van der Waals surface area contributed by atoms with Crippen molar-refractivity contribution in [2.75, 3.05) is 6.54 Å². The molecule has 0 bridgehead atoms. The molecule has 1 N–H and O–H groups in total. The Morgan fingerprint density at radius 1 is 1.12 bits per heavy atom. The lowest BCUT2D eigenvalue weighted by Gasteiger charge is -2.19. The molecule has 2 rings (SSSR count). The van der Waals surface area contributed by atoms with Gasteiger partial charge in [0.15, 0.2) is 0 Å². The molecular formula is C15H23N. The fourth-order valence-electron chi connectivity index (χ4n) is 2.40. The number of hydrogen-bond donors (Lipinski definition) is 1. The van der Waals surface area contributed by atoms with Crippen molar-refractivity contribution in [3.05, 3.63) is 34.9 Å². The van der Waals surface area contributed by atoms with Crippen molar-refractivity contribution in [1.82, 2.24) is 5.32 Å². The van der Waals surface area contributed by atoms with Crippen molar-refractivity contribution in [2.45, 2.75) is 52.0 Å². The van der Waals surface area contributed by atoms with E-state index in [0.29, 0.717) is 11.5 Å². The lowest BCUT2D eigenvalue weighted by atomic mass is 9.92. The summed E-state index contributed by atoms with van der Waals surface area (Å²) in [5, 5.41) is 3.59. The van der Waals surface area contributed by atoms with Crippen molar-refractivity contribution in [3.8, 4) is 0 Å². The van der Waals surface area contributed by atoms with Crippen LogP contribution in [0.4, 0.5) is 0 Å². The van der Waals surface area contributed by atoms with Gasteiger partial charge in [-0.15, -0.1) is 0 Å². The van der Waals surface area contributed by atoms with E-state index < -0.39 is 0 Å². The first-order valence-corrected chi connectivity index (χ1v) is 6.34. The summed E-state index contributed by atoms with van der Waals surface area (Å²) in [5.41, 5.74) is 4.77. The molecule has 1 aromatic rings. The molecule has 16 heavy (non-hydrogen) atoms. The van der Waals surface area contributed by atoms with Crippen LogP contribution < -0.4 is 5.32 Å². The van der Waals surface area contributed by atoms with Gasteiger partial charge in [-0.05, 0) is 32.3 Å². The smallest absolute Gasteiger partial charge is 0.00787 e. The molecule has 1 heteroatoms. The molecule has 1 aliphatic rings. The maximum absolute atomic E-state index is 3.59. The number of nitrogens with one attached hydrogen (secondary N) is 1. The highest BCUT2D eigenvalue weighted by molar-refractivity contribution is 5.38. The van der Waals surface area contributed by atoms with Gasteiger partial charge in [0.1, 0.15) is 0 Å². The Balaban J connectivity index is 2.16. The minimum absolute atomic E-state index is 0.445. The van der Waals surface area contributed by atoms with E-state index in [1.54, 1.807) is 0 Å². The molecule has 0 amide bonds. The molecule has 88 valence electrons. The van der Waals surface area contributed by atoms with Gasteiger partial charge in [-0.2, -0.15) is 0 Å². The molecule has 1 aliphatic carbocycles. The standard InChI is InChI=1S/C15H23N/c1-11(2)16-10-15(5-6-15)14-8-12(3)7-13(4)9-14/h7-9,11,16H,5-6,10H2,1-4H3. The minimum atomic E-state index is 0.445. The average molecular weight is 217 g/mol. The van der Waals surface area contributed by atoms with E-state index in [1.165, 1.54) is 29.5 Å². The lowest BCUT2D eigenvalue weighted by molar-refractivity contribution is 0.520. The molecule has 1 saturated carbocycles. The zero-order valence-corrected chi connectivity index (χ0v) is 10.9. The van der Waals surface area contributed by atoms with Gasteiger partial charge in [0, 0.05) is 18.0 Å². The molecule has 0 spiro atoms. The first-order valence-electron chi connectivity index (χ1n) is 6.34. The van der Waals surface area contributed by atoms with E-state index >= 15 is 0 Å². The molecule has 1 nitrogen and oxygen atoms in total. The van der Waals surface area contributed by atoms with Gasteiger partial charge in [-0.3, -0.25) is 0 Å². The van der Waals surface area contributed by atoms with Crippen molar-refractivity contribution >= 4 is 0 Å². The first-order chi connectivity index (χ1) is 7.52. The molecule has 1 aromatic carbocycles. The molecule has 0 saturated heterocycles. The molecule has 0 unspecified atom stereocenters. The van der Waals surface area contributed by atoms with Crippen LogP contribution in [0.3, 0.4) is 0 Å². The van der Waals surface area contributed by atoms with Gasteiger partial charge in [-0.25, -0.2) is 0 Å². The summed E-state index contributed by atoms with van der Waals surface area (Å²) in [5.74, 6) is 0. The van der Waals surface area contributed by atoms with Gasteiger partial charge >= 0.3 is 0 Å². The van der Waals surface area contributed by atoms with Crippen LogP contribution in [0.2, 0.25) is 0 Å². The third-order valence-electron chi connectivity index (χ3n) is 3.54. The van der Waals surface area contributed by atoms with E-state index in [1.807, 2.05) is 0 Å². The summed E-state index contributed by atoms with van der Waals surface area (Å²) in [4.78, 5) is 0. The molecule has 0 aliphatic heterocycles. The Labute approximate surface area is 99.3 Å². The van der Waals surface area contributed by atoms with Crippen LogP contribution in [0.1, 0.15) is 43.4 Å². The largest absolute Gasteiger partial charge is 0.314 e. The molecule has 0 heterocycles. The zero-order valence-electron chi connectivity index (χ0n) is 10.9. The third kappa shape index (κ3) is 2.46. The van der Waals surface area contributed by atoms with Crippen LogP contribution in [0, 0.1) is 13.8 Å². The zero-order chi connectivity index (χ0) is 11.8. The quantitative estimate of drug-likeness (QED) is 0.815. The summed E-state index contributed by atoms with van der Waals surface area (Å²) < 4.78 is 0. The normalized spacial score (nSPS) is 17.8. The highest BCUT2D eigenvalue weighted by Crippen LogP contribution is 2.48. The molecule has 0 atom stereocenters. The van der Waals surface area contributed by atoms with Crippen LogP contribution in [-0.4, -0.2) is 12.6 Å². The summed E-state index contributed by atoms with van der Waals surface area (Å²) in [7, 11) is 0. The Bertz CT molecular complexity index is 355. The minimum Gasteiger partial charge on any atom is -0.314 e. The summed E-state index contributed by atoms with van der Waals surface area (Å²) in [6, 6.07) is 7.57. The Morgan fingerprint density at radius 3 is 2.12 bits per heavy atom. The number of rotatable bonds is 4. The summed E-state index contributed by atoms with van der Waals surface area (Å²) in [6.07, 6.45) is 2.69. The van der Waals surface area contributed by atoms with Gasteiger partial charge in [0.2, 0.25) is 0 Å². The topological polar surface area (TPSA) is 12.0 Å². The van der Waals surface area contributed by atoms with Gasteiger partial charge < -0.3 is 5.32 Å². The fourth-order valence-corrected chi connectivity index (χ4v) is 2.40. The number of aryl methyl sites for hydroxylation is 2. The highest BCUT2D eigenvalue weighted by Gasteiger charge is 2.43.